The molecule has 2 aromatic carbocycles. The Morgan fingerprint density at radius 1 is 0.957 bits per heavy atom. The Morgan fingerprint density at radius 3 is 2.17 bits per heavy atom. The molecule has 0 radical (unpaired) electrons. The minimum atomic E-state index is -0.431. The van der Waals surface area contributed by atoms with Crippen molar-refractivity contribution < 1.29 is 19.7 Å². The summed E-state index contributed by atoms with van der Waals surface area (Å²) < 4.78 is 5.37. The molecule has 0 saturated heterocycles. The summed E-state index contributed by atoms with van der Waals surface area (Å²) in [5.41, 5.74) is 2.34. The molecular formula is C19H22O4. The normalized spacial score (nSPS) is 13.4. The van der Waals surface area contributed by atoms with Crippen molar-refractivity contribution in [2.45, 2.75) is 25.7 Å². The molecular weight excluding hydrogens is 292 g/mol. The fourth-order valence-corrected chi connectivity index (χ4v) is 2.21. The van der Waals surface area contributed by atoms with E-state index in [1.807, 2.05) is 32.0 Å². The Hall–Kier alpha value is -2.17. The standard InChI is InChI=1S/C19H22O4/c1-13(11-20)15-6-8-18(9-7-15)23-19(22)17-5-3-4-16(10-17)14(2)12-21/h3-10,13-14,20-21H,11-12H2,1-2H3. The summed E-state index contributed by atoms with van der Waals surface area (Å²) in [4.78, 5) is 12.2. The maximum Gasteiger partial charge on any atom is 0.343 e. The zero-order valence-corrected chi connectivity index (χ0v) is 13.4. The molecule has 0 aromatic heterocycles. The van der Waals surface area contributed by atoms with Gasteiger partial charge in [0.2, 0.25) is 0 Å². The largest absolute Gasteiger partial charge is 0.423 e. The number of rotatable bonds is 6. The fourth-order valence-electron chi connectivity index (χ4n) is 2.21. The van der Waals surface area contributed by atoms with Gasteiger partial charge < -0.3 is 14.9 Å². The van der Waals surface area contributed by atoms with Crippen LogP contribution in [0.2, 0.25) is 0 Å². The van der Waals surface area contributed by atoms with E-state index < -0.39 is 5.97 Å². The van der Waals surface area contributed by atoms with Crippen LogP contribution in [0.4, 0.5) is 0 Å². The number of aliphatic hydroxyl groups excluding tert-OH is 2. The van der Waals surface area contributed by atoms with Gasteiger partial charge in [-0.1, -0.05) is 38.1 Å². The quantitative estimate of drug-likeness (QED) is 0.635. The first-order valence-corrected chi connectivity index (χ1v) is 7.69. The van der Waals surface area contributed by atoms with Gasteiger partial charge in [-0.15, -0.1) is 0 Å². The van der Waals surface area contributed by atoms with Crippen molar-refractivity contribution in [1.82, 2.24) is 0 Å². The Bertz CT molecular complexity index is 649. The lowest BCUT2D eigenvalue weighted by atomic mass is 10.00. The second-order valence-electron chi connectivity index (χ2n) is 5.75. The van der Waals surface area contributed by atoms with E-state index in [4.69, 9.17) is 9.84 Å². The first kappa shape index (κ1) is 17.2. The van der Waals surface area contributed by atoms with Crippen molar-refractivity contribution in [2.75, 3.05) is 13.2 Å². The SMILES string of the molecule is CC(CO)c1ccc(OC(=O)c2cccc(C(C)CO)c2)cc1. The van der Waals surface area contributed by atoms with Crippen molar-refractivity contribution in [2.24, 2.45) is 0 Å². The number of ether oxygens (including phenoxy) is 1. The third-order valence-electron chi connectivity index (χ3n) is 3.90. The summed E-state index contributed by atoms with van der Waals surface area (Å²) in [5.74, 6) is 0.0582. The molecule has 0 aliphatic rings. The summed E-state index contributed by atoms with van der Waals surface area (Å²) >= 11 is 0. The third kappa shape index (κ3) is 4.41. The Labute approximate surface area is 136 Å². The lowest BCUT2D eigenvalue weighted by molar-refractivity contribution is 0.0734. The van der Waals surface area contributed by atoms with Crippen molar-refractivity contribution in [3.8, 4) is 5.75 Å². The molecule has 0 aliphatic carbocycles. The summed E-state index contributed by atoms with van der Waals surface area (Å²) in [6.07, 6.45) is 0. The summed E-state index contributed by atoms with van der Waals surface area (Å²) in [6.45, 7) is 3.93. The Morgan fingerprint density at radius 2 is 1.57 bits per heavy atom. The van der Waals surface area contributed by atoms with E-state index in [0.29, 0.717) is 11.3 Å². The first-order chi connectivity index (χ1) is 11.0. The number of benzene rings is 2. The number of carbonyl (C=O) groups is 1. The van der Waals surface area contributed by atoms with Gasteiger partial charge in [-0.05, 0) is 35.4 Å². The first-order valence-electron chi connectivity index (χ1n) is 7.69. The topological polar surface area (TPSA) is 66.8 Å². The second-order valence-corrected chi connectivity index (χ2v) is 5.75. The summed E-state index contributed by atoms with van der Waals surface area (Å²) in [6, 6.07) is 14.2. The third-order valence-corrected chi connectivity index (χ3v) is 3.90. The molecule has 2 aromatic rings. The van der Waals surface area contributed by atoms with E-state index in [9.17, 15) is 9.90 Å². The molecule has 2 N–H and O–H groups in total. The highest BCUT2D eigenvalue weighted by Crippen LogP contribution is 2.21. The molecule has 23 heavy (non-hydrogen) atoms. The summed E-state index contributed by atoms with van der Waals surface area (Å²) in [7, 11) is 0. The van der Waals surface area contributed by atoms with Crippen LogP contribution in [-0.4, -0.2) is 29.4 Å². The van der Waals surface area contributed by atoms with E-state index in [2.05, 4.69) is 0 Å². The van der Waals surface area contributed by atoms with Crippen molar-refractivity contribution in [3.05, 3.63) is 65.2 Å². The van der Waals surface area contributed by atoms with Gasteiger partial charge in [-0.2, -0.15) is 0 Å². The zero-order valence-electron chi connectivity index (χ0n) is 13.4. The van der Waals surface area contributed by atoms with Gasteiger partial charge in [-0.3, -0.25) is 0 Å². The lowest BCUT2D eigenvalue weighted by Gasteiger charge is -2.11. The summed E-state index contributed by atoms with van der Waals surface area (Å²) in [5, 5.41) is 18.3. The monoisotopic (exact) mass is 314 g/mol. The molecule has 0 fully saturated rings. The minimum absolute atomic E-state index is 0.0259. The molecule has 0 spiro atoms. The van der Waals surface area contributed by atoms with Crippen LogP contribution in [0.3, 0.4) is 0 Å². The van der Waals surface area contributed by atoms with Crippen molar-refractivity contribution >= 4 is 5.97 Å². The van der Waals surface area contributed by atoms with Crippen LogP contribution >= 0.6 is 0 Å². The van der Waals surface area contributed by atoms with Gasteiger partial charge in [0, 0.05) is 25.0 Å². The predicted octanol–water partition coefficient (Wildman–Crippen LogP) is 3.10. The molecule has 2 unspecified atom stereocenters. The van der Waals surface area contributed by atoms with Crippen molar-refractivity contribution in [3.63, 3.8) is 0 Å². The van der Waals surface area contributed by atoms with Gasteiger partial charge in [0.1, 0.15) is 5.75 Å². The van der Waals surface area contributed by atoms with Crippen LogP contribution < -0.4 is 4.74 Å². The molecule has 4 heteroatoms. The number of hydrogen-bond donors (Lipinski definition) is 2. The molecule has 4 nitrogen and oxygen atoms in total. The van der Waals surface area contributed by atoms with Crippen LogP contribution in [0.1, 0.15) is 47.2 Å². The van der Waals surface area contributed by atoms with Crippen LogP contribution in [0.25, 0.3) is 0 Å². The van der Waals surface area contributed by atoms with Crippen LogP contribution in [0.5, 0.6) is 5.75 Å². The van der Waals surface area contributed by atoms with Crippen molar-refractivity contribution in [1.29, 1.82) is 0 Å². The van der Waals surface area contributed by atoms with Gasteiger partial charge in [0.05, 0.1) is 5.56 Å². The van der Waals surface area contributed by atoms with Gasteiger partial charge in [0.25, 0.3) is 0 Å². The second kappa shape index (κ2) is 7.90. The average Bonchev–Trinajstić information content (AvgIpc) is 2.61. The molecule has 0 bridgehead atoms. The van der Waals surface area contributed by atoms with E-state index in [1.54, 1.807) is 30.3 Å². The highest BCUT2D eigenvalue weighted by Gasteiger charge is 2.12. The fraction of sp³-hybridized carbons (Fsp3) is 0.316. The van der Waals surface area contributed by atoms with E-state index in [1.165, 1.54) is 0 Å². The molecule has 0 aliphatic heterocycles. The van der Waals surface area contributed by atoms with E-state index in [0.717, 1.165) is 11.1 Å². The smallest absolute Gasteiger partial charge is 0.343 e. The average molecular weight is 314 g/mol. The number of esters is 1. The maximum absolute atomic E-state index is 12.2. The van der Waals surface area contributed by atoms with Crippen LogP contribution in [0, 0.1) is 0 Å². The maximum atomic E-state index is 12.2. The Kier molecular flexibility index (Phi) is 5.90. The molecule has 122 valence electrons. The highest BCUT2D eigenvalue weighted by molar-refractivity contribution is 5.91. The minimum Gasteiger partial charge on any atom is -0.423 e. The molecule has 0 heterocycles. The zero-order chi connectivity index (χ0) is 16.8. The van der Waals surface area contributed by atoms with E-state index >= 15 is 0 Å². The number of carbonyl (C=O) groups excluding carboxylic acids is 1. The number of hydrogen-bond acceptors (Lipinski definition) is 4. The van der Waals surface area contributed by atoms with Gasteiger partial charge >= 0.3 is 5.97 Å². The van der Waals surface area contributed by atoms with Gasteiger partial charge in [0.15, 0.2) is 0 Å². The molecule has 0 amide bonds. The lowest BCUT2D eigenvalue weighted by Crippen LogP contribution is -2.10. The highest BCUT2D eigenvalue weighted by atomic mass is 16.5. The van der Waals surface area contributed by atoms with Gasteiger partial charge in [-0.25, -0.2) is 4.79 Å². The number of aliphatic hydroxyl groups is 2. The Balaban J connectivity index is 2.10. The van der Waals surface area contributed by atoms with Crippen LogP contribution in [0.15, 0.2) is 48.5 Å². The molecule has 2 rings (SSSR count). The molecule has 0 saturated carbocycles. The van der Waals surface area contributed by atoms with E-state index in [-0.39, 0.29) is 25.0 Å². The predicted molar refractivity (Wildman–Crippen MR) is 88.8 cm³/mol. The molecule has 2 atom stereocenters. The van der Waals surface area contributed by atoms with Crippen LogP contribution in [-0.2, 0) is 0 Å².